The summed E-state index contributed by atoms with van der Waals surface area (Å²) in [6.45, 7) is 2.26. The molecule has 0 bridgehead atoms. The number of hydrogen-bond donors (Lipinski definition) is 0. The summed E-state index contributed by atoms with van der Waals surface area (Å²) in [7, 11) is 0. The summed E-state index contributed by atoms with van der Waals surface area (Å²) in [4.78, 5) is 10.5. The van der Waals surface area contributed by atoms with Crippen LogP contribution in [0.5, 0.6) is 5.75 Å². The zero-order valence-corrected chi connectivity index (χ0v) is 22.5. The van der Waals surface area contributed by atoms with Gasteiger partial charge in [0.2, 0.25) is 0 Å². The average Bonchev–Trinajstić information content (AvgIpc) is 2.77. The molecule has 32 heavy (non-hydrogen) atoms. The third-order valence-electron chi connectivity index (χ3n) is 6.08. The SMILES string of the molecule is CCCCCCCCC(CCCCCCCCC(=O)[O-])Oc1cccc2ccccc12.[Na+]. The van der Waals surface area contributed by atoms with Gasteiger partial charge in [0.25, 0.3) is 0 Å². The number of carbonyl (C=O) groups is 1. The summed E-state index contributed by atoms with van der Waals surface area (Å²) in [5, 5.41) is 12.9. The maximum absolute atomic E-state index is 10.5. The van der Waals surface area contributed by atoms with E-state index in [1.165, 1.54) is 68.6 Å². The largest absolute Gasteiger partial charge is 1.00 e. The van der Waals surface area contributed by atoms with Crippen LogP contribution in [0, 0.1) is 0 Å². The summed E-state index contributed by atoms with van der Waals surface area (Å²) in [5.74, 6) is 0.0829. The number of carboxylic acids is 1. The Kier molecular flexibility index (Phi) is 16.7. The number of benzene rings is 2. The van der Waals surface area contributed by atoms with Crippen molar-refractivity contribution >= 4 is 16.7 Å². The van der Waals surface area contributed by atoms with Crippen molar-refractivity contribution in [2.45, 2.75) is 109 Å². The number of aliphatic carboxylic acids is 1. The standard InChI is InChI=1S/C28H42O3.Na/c1-2-3-4-5-8-11-19-25(20-12-9-6-7-10-13-23-28(29)30)31-27-22-16-18-24-17-14-15-21-26(24)27;/h14-18,21-22,25H,2-13,19-20,23H2,1H3,(H,29,30);/q;+1/p-1. The first-order valence-corrected chi connectivity index (χ1v) is 12.5. The van der Waals surface area contributed by atoms with Crippen LogP contribution in [0.1, 0.15) is 103 Å². The Morgan fingerprint density at radius 3 is 2.00 bits per heavy atom. The van der Waals surface area contributed by atoms with Crippen molar-refractivity contribution in [2.75, 3.05) is 0 Å². The fourth-order valence-electron chi connectivity index (χ4n) is 4.24. The number of ether oxygens (including phenoxy) is 1. The van der Waals surface area contributed by atoms with E-state index in [0.29, 0.717) is 0 Å². The van der Waals surface area contributed by atoms with Gasteiger partial charge in [-0.2, -0.15) is 0 Å². The summed E-state index contributed by atoms with van der Waals surface area (Å²) in [6, 6.07) is 14.8. The van der Waals surface area contributed by atoms with E-state index >= 15 is 0 Å². The Hall–Kier alpha value is -1.03. The molecule has 0 N–H and O–H groups in total. The molecule has 0 amide bonds. The molecule has 0 spiro atoms. The molecule has 3 nitrogen and oxygen atoms in total. The molecule has 0 radical (unpaired) electrons. The molecule has 2 rings (SSSR count). The van der Waals surface area contributed by atoms with Gasteiger partial charge in [0.1, 0.15) is 5.75 Å². The quantitative estimate of drug-likeness (QED) is 0.254. The molecule has 2 aromatic rings. The van der Waals surface area contributed by atoms with Gasteiger partial charge in [0.15, 0.2) is 0 Å². The normalized spacial score (nSPS) is 11.8. The van der Waals surface area contributed by atoms with E-state index in [9.17, 15) is 9.90 Å². The monoisotopic (exact) mass is 448 g/mol. The van der Waals surface area contributed by atoms with Crippen molar-refractivity contribution in [1.82, 2.24) is 0 Å². The Balaban J connectivity index is 0.00000512. The second kappa shape index (κ2) is 18.4. The van der Waals surface area contributed by atoms with Crippen molar-refractivity contribution in [3.8, 4) is 5.75 Å². The first-order valence-electron chi connectivity index (χ1n) is 12.5. The summed E-state index contributed by atoms with van der Waals surface area (Å²) >= 11 is 0. The Morgan fingerprint density at radius 1 is 0.781 bits per heavy atom. The molecule has 1 unspecified atom stereocenters. The molecule has 1 atom stereocenters. The molecule has 4 heteroatoms. The van der Waals surface area contributed by atoms with E-state index in [-0.39, 0.29) is 42.1 Å². The second-order valence-electron chi connectivity index (χ2n) is 8.81. The van der Waals surface area contributed by atoms with Crippen molar-refractivity contribution in [3.63, 3.8) is 0 Å². The van der Waals surface area contributed by atoms with Gasteiger partial charge in [0.05, 0.1) is 6.10 Å². The first-order chi connectivity index (χ1) is 15.2. The minimum Gasteiger partial charge on any atom is -0.550 e. The van der Waals surface area contributed by atoms with Gasteiger partial charge in [-0.25, -0.2) is 0 Å². The first kappa shape index (κ1) is 29.0. The third kappa shape index (κ3) is 12.3. The number of carboxylic acid groups (broad SMARTS) is 1. The molecule has 0 aliphatic rings. The molecule has 0 heterocycles. The molecule has 0 aliphatic carbocycles. The third-order valence-corrected chi connectivity index (χ3v) is 6.08. The van der Waals surface area contributed by atoms with Crippen LogP contribution in [0.2, 0.25) is 0 Å². The van der Waals surface area contributed by atoms with Crippen molar-refractivity contribution < 1.29 is 44.2 Å². The smallest absolute Gasteiger partial charge is 0.550 e. The van der Waals surface area contributed by atoms with Crippen LogP contribution in [0.25, 0.3) is 10.8 Å². The van der Waals surface area contributed by atoms with Crippen LogP contribution in [-0.4, -0.2) is 12.1 Å². The summed E-state index contributed by atoms with van der Waals surface area (Å²) in [5.41, 5.74) is 0. The topological polar surface area (TPSA) is 49.4 Å². The second-order valence-corrected chi connectivity index (χ2v) is 8.81. The number of carbonyl (C=O) groups excluding carboxylic acids is 1. The van der Waals surface area contributed by atoms with Crippen molar-refractivity contribution in [1.29, 1.82) is 0 Å². The predicted octanol–water partition coefficient (Wildman–Crippen LogP) is 4.21. The van der Waals surface area contributed by atoms with Crippen LogP contribution >= 0.6 is 0 Å². The van der Waals surface area contributed by atoms with Crippen LogP contribution in [-0.2, 0) is 4.79 Å². The maximum atomic E-state index is 10.5. The molecular weight excluding hydrogens is 407 g/mol. The fraction of sp³-hybridized carbons (Fsp3) is 0.607. The zero-order valence-electron chi connectivity index (χ0n) is 20.5. The molecule has 0 aromatic heterocycles. The Bertz CT molecular complexity index is 741. The van der Waals surface area contributed by atoms with E-state index in [1.54, 1.807) is 0 Å². The molecule has 0 fully saturated rings. The number of hydrogen-bond acceptors (Lipinski definition) is 3. The number of fused-ring (bicyclic) bond motifs is 1. The molecule has 0 aliphatic heterocycles. The fourth-order valence-corrected chi connectivity index (χ4v) is 4.24. The average molecular weight is 449 g/mol. The number of rotatable bonds is 18. The molecule has 2 aromatic carbocycles. The van der Waals surface area contributed by atoms with Gasteiger partial charge in [-0.05, 0) is 50.0 Å². The summed E-state index contributed by atoms with van der Waals surface area (Å²) < 4.78 is 6.55. The van der Waals surface area contributed by atoms with Gasteiger partial charge >= 0.3 is 29.6 Å². The van der Waals surface area contributed by atoms with Crippen molar-refractivity contribution in [2.24, 2.45) is 0 Å². The zero-order chi connectivity index (χ0) is 22.2. The molecular formula is C28H41NaO3. The van der Waals surface area contributed by atoms with E-state index in [1.807, 2.05) is 0 Å². The van der Waals surface area contributed by atoms with Gasteiger partial charge < -0.3 is 14.6 Å². The minimum absolute atomic E-state index is 0. The van der Waals surface area contributed by atoms with Gasteiger partial charge in [-0.15, -0.1) is 0 Å². The van der Waals surface area contributed by atoms with E-state index in [4.69, 9.17) is 4.74 Å². The van der Waals surface area contributed by atoms with Crippen molar-refractivity contribution in [3.05, 3.63) is 42.5 Å². The van der Waals surface area contributed by atoms with Crippen LogP contribution in [0.4, 0.5) is 0 Å². The Morgan fingerprint density at radius 2 is 1.34 bits per heavy atom. The maximum Gasteiger partial charge on any atom is 1.00 e. The Labute approximate surface area is 217 Å². The van der Waals surface area contributed by atoms with E-state index < -0.39 is 5.97 Å². The predicted molar refractivity (Wildman–Crippen MR) is 128 cm³/mol. The van der Waals surface area contributed by atoms with Gasteiger partial charge in [0, 0.05) is 11.4 Å². The minimum atomic E-state index is -0.928. The van der Waals surface area contributed by atoms with Gasteiger partial charge in [-0.1, -0.05) is 101 Å². The number of unbranched alkanes of at least 4 members (excludes halogenated alkanes) is 10. The molecule has 0 saturated carbocycles. The van der Waals surface area contributed by atoms with Crippen LogP contribution < -0.4 is 39.4 Å². The van der Waals surface area contributed by atoms with Crippen LogP contribution in [0.3, 0.4) is 0 Å². The molecule has 0 saturated heterocycles. The van der Waals surface area contributed by atoms with Gasteiger partial charge in [-0.3, -0.25) is 0 Å². The van der Waals surface area contributed by atoms with E-state index in [2.05, 4.69) is 49.4 Å². The molecule has 172 valence electrons. The van der Waals surface area contributed by atoms with Crippen LogP contribution in [0.15, 0.2) is 42.5 Å². The summed E-state index contributed by atoms with van der Waals surface area (Å²) in [6.07, 6.45) is 16.9. The van der Waals surface area contributed by atoms with E-state index in [0.717, 1.165) is 37.9 Å².